The van der Waals surface area contributed by atoms with E-state index in [9.17, 15) is 9.59 Å². The summed E-state index contributed by atoms with van der Waals surface area (Å²) in [5.41, 5.74) is 2.13. The zero-order valence-electron chi connectivity index (χ0n) is 13.0. The molecule has 0 aliphatic rings. The van der Waals surface area contributed by atoms with Gasteiger partial charge >= 0.3 is 5.97 Å². The highest BCUT2D eigenvalue weighted by atomic mass is 32.2. The second kappa shape index (κ2) is 6.62. The highest BCUT2D eigenvalue weighted by Crippen LogP contribution is 2.29. The van der Waals surface area contributed by atoms with Crippen LogP contribution in [0.25, 0.3) is 0 Å². The summed E-state index contributed by atoms with van der Waals surface area (Å²) in [6.45, 7) is 7.18. The minimum Gasteiger partial charge on any atom is -0.465 e. The van der Waals surface area contributed by atoms with E-state index in [-0.39, 0.29) is 11.0 Å². The molecule has 0 spiro atoms. The molecule has 0 saturated heterocycles. The molecule has 0 saturated carbocycles. The van der Waals surface area contributed by atoms with Crippen molar-refractivity contribution in [1.82, 2.24) is 15.2 Å². The number of thioether (sulfide) groups is 1. The molecule has 0 aliphatic carbocycles. The van der Waals surface area contributed by atoms with Gasteiger partial charge < -0.3 is 9.72 Å². The van der Waals surface area contributed by atoms with Gasteiger partial charge in [0.05, 0.1) is 23.6 Å². The number of aryl methyl sites for hydroxylation is 2. The Balaban J connectivity index is 2.24. The van der Waals surface area contributed by atoms with E-state index in [1.54, 1.807) is 13.8 Å². The second-order valence-corrected chi connectivity index (χ2v) is 7.60. The molecule has 8 heteroatoms. The molecule has 0 unspecified atom stereocenters. The first-order valence-electron chi connectivity index (χ1n) is 6.63. The van der Waals surface area contributed by atoms with E-state index in [4.69, 9.17) is 4.74 Å². The van der Waals surface area contributed by atoms with Gasteiger partial charge in [-0.3, -0.25) is 4.79 Å². The van der Waals surface area contributed by atoms with Crippen LogP contribution in [0.1, 0.15) is 44.0 Å². The Kier molecular flexibility index (Phi) is 5.02. The molecule has 1 atom stereocenters. The number of hydrogen-bond donors (Lipinski definition) is 1. The molecule has 2 rings (SSSR count). The lowest BCUT2D eigenvalue weighted by atomic mass is 10.1. The maximum Gasteiger partial charge on any atom is 0.339 e. The number of ketones is 1. The molecule has 0 aliphatic heterocycles. The average Bonchev–Trinajstić information content (AvgIpc) is 3.00. The number of Topliss-reactive ketones (excluding diaryl/α,β-unsaturated/α-hetero) is 1. The molecule has 0 amide bonds. The number of ether oxygens (including phenoxy) is 1. The van der Waals surface area contributed by atoms with Crippen LogP contribution in [-0.2, 0) is 4.74 Å². The van der Waals surface area contributed by atoms with E-state index in [1.807, 2.05) is 13.8 Å². The van der Waals surface area contributed by atoms with Gasteiger partial charge in [-0.25, -0.2) is 4.79 Å². The molecular formula is C14H17N3O3S2. The summed E-state index contributed by atoms with van der Waals surface area (Å²) in [5, 5.41) is 8.49. The quantitative estimate of drug-likeness (QED) is 0.512. The largest absolute Gasteiger partial charge is 0.465 e. The van der Waals surface area contributed by atoms with E-state index >= 15 is 0 Å². The summed E-state index contributed by atoms with van der Waals surface area (Å²) in [4.78, 5) is 27.4. The van der Waals surface area contributed by atoms with Crippen molar-refractivity contribution in [2.75, 3.05) is 7.11 Å². The average molecular weight is 339 g/mol. The van der Waals surface area contributed by atoms with Crippen LogP contribution in [0.3, 0.4) is 0 Å². The molecule has 0 bridgehead atoms. The number of esters is 1. The standard InChI is InChI=1S/C14H17N3O3S2/c1-6-10(13(19)20-5)7(2)15-11(6)12(18)8(3)21-14-17-16-9(4)22-14/h8,15H,1-5H3/t8-/m0/s1. The predicted molar refractivity (Wildman–Crippen MR) is 85.9 cm³/mol. The van der Waals surface area contributed by atoms with Gasteiger partial charge in [-0.1, -0.05) is 23.1 Å². The number of nitrogens with one attached hydrogen (secondary N) is 1. The molecule has 0 fully saturated rings. The highest BCUT2D eigenvalue weighted by molar-refractivity contribution is 8.02. The van der Waals surface area contributed by atoms with Gasteiger partial charge in [0.25, 0.3) is 0 Å². The van der Waals surface area contributed by atoms with Crippen molar-refractivity contribution in [2.45, 2.75) is 37.3 Å². The first-order valence-corrected chi connectivity index (χ1v) is 8.33. The van der Waals surface area contributed by atoms with Crippen LogP contribution in [0, 0.1) is 20.8 Å². The Hall–Kier alpha value is -1.67. The van der Waals surface area contributed by atoms with Crippen LogP contribution >= 0.6 is 23.1 Å². The maximum absolute atomic E-state index is 12.6. The summed E-state index contributed by atoms with van der Waals surface area (Å²) in [6, 6.07) is 0. The third kappa shape index (κ3) is 3.22. The van der Waals surface area contributed by atoms with Crippen LogP contribution < -0.4 is 0 Å². The van der Waals surface area contributed by atoms with Gasteiger partial charge in [-0.2, -0.15) is 0 Å². The van der Waals surface area contributed by atoms with Crippen molar-refractivity contribution < 1.29 is 14.3 Å². The lowest BCUT2D eigenvalue weighted by Crippen LogP contribution is -2.15. The predicted octanol–water partition coefficient (Wildman–Crippen LogP) is 2.94. The third-order valence-corrected chi connectivity index (χ3v) is 5.25. The number of carbonyl (C=O) groups is 2. The van der Waals surface area contributed by atoms with Gasteiger partial charge in [-0.05, 0) is 33.3 Å². The van der Waals surface area contributed by atoms with Crippen molar-refractivity contribution in [1.29, 1.82) is 0 Å². The van der Waals surface area contributed by atoms with Gasteiger partial charge in [0.1, 0.15) is 5.01 Å². The molecule has 2 aromatic rings. The number of nitrogens with zero attached hydrogens (tertiary/aromatic N) is 2. The number of aromatic amines is 1. The van der Waals surface area contributed by atoms with Crippen molar-refractivity contribution in [3.63, 3.8) is 0 Å². The van der Waals surface area contributed by atoms with E-state index in [2.05, 4.69) is 15.2 Å². The molecule has 2 heterocycles. The second-order valence-electron chi connectivity index (χ2n) is 4.83. The van der Waals surface area contributed by atoms with E-state index in [1.165, 1.54) is 30.2 Å². The van der Waals surface area contributed by atoms with Gasteiger partial charge in [0.15, 0.2) is 10.1 Å². The van der Waals surface area contributed by atoms with E-state index < -0.39 is 5.97 Å². The molecule has 22 heavy (non-hydrogen) atoms. The number of methoxy groups -OCH3 is 1. The van der Waals surface area contributed by atoms with Gasteiger partial charge in [-0.15, -0.1) is 10.2 Å². The SMILES string of the molecule is COC(=O)c1c(C)[nH]c(C(=O)[C@H](C)Sc2nnc(C)s2)c1C. The summed E-state index contributed by atoms with van der Waals surface area (Å²) in [7, 11) is 1.33. The van der Waals surface area contributed by atoms with E-state index in [0.29, 0.717) is 22.5 Å². The lowest BCUT2D eigenvalue weighted by molar-refractivity contribution is 0.0599. The Morgan fingerprint density at radius 3 is 2.50 bits per heavy atom. The fourth-order valence-corrected chi connectivity index (χ4v) is 4.16. The molecule has 0 radical (unpaired) electrons. The maximum atomic E-state index is 12.6. The first kappa shape index (κ1) is 16.7. The number of rotatable bonds is 5. The number of H-pyrrole nitrogens is 1. The third-order valence-electron chi connectivity index (χ3n) is 3.23. The van der Waals surface area contributed by atoms with Crippen LogP contribution in [-0.4, -0.2) is 39.3 Å². The fourth-order valence-electron chi connectivity index (χ4n) is 2.14. The monoisotopic (exact) mass is 339 g/mol. The van der Waals surface area contributed by atoms with E-state index in [0.717, 1.165) is 9.35 Å². The number of hydrogen-bond acceptors (Lipinski definition) is 7. The van der Waals surface area contributed by atoms with Crippen LogP contribution in [0.4, 0.5) is 0 Å². The topological polar surface area (TPSA) is 84.9 Å². The normalized spacial score (nSPS) is 12.2. The Morgan fingerprint density at radius 2 is 1.95 bits per heavy atom. The Labute approximate surface area is 136 Å². The minimum absolute atomic E-state index is 0.0754. The smallest absolute Gasteiger partial charge is 0.339 e. The molecule has 118 valence electrons. The van der Waals surface area contributed by atoms with Gasteiger partial charge in [0, 0.05) is 5.69 Å². The van der Waals surface area contributed by atoms with Crippen LogP contribution in [0.15, 0.2) is 4.34 Å². The summed E-state index contributed by atoms with van der Waals surface area (Å²) in [6.07, 6.45) is 0. The minimum atomic E-state index is -0.439. The van der Waals surface area contributed by atoms with Crippen molar-refractivity contribution in [2.24, 2.45) is 0 Å². The molecule has 1 N–H and O–H groups in total. The summed E-state index contributed by atoms with van der Waals surface area (Å²) < 4.78 is 5.51. The molecule has 6 nitrogen and oxygen atoms in total. The van der Waals surface area contributed by atoms with Crippen molar-refractivity contribution >= 4 is 34.9 Å². The van der Waals surface area contributed by atoms with Crippen LogP contribution in [0.5, 0.6) is 0 Å². The number of aromatic nitrogens is 3. The molecular weight excluding hydrogens is 322 g/mol. The first-order chi connectivity index (χ1) is 10.3. The van der Waals surface area contributed by atoms with Crippen molar-refractivity contribution in [3.05, 3.63) is 27.5 Å². The van der Waals surface area contributed by atoms with Gasteiger partial charge in [0.2, 0.25) is 0 Å². The van der Waals surface area contributed by atoms with Crippen LogP contribution in [0.2, 0.25) is 0 Å². The zero-order valence-corrected chi connectivity index (χ0v) is 14.6. The molecule has 2 aromatic heterocycles. The zero-order chi connectivity index (χ0) is 16.4. The Morgan fingerprint density at radius 1 is 1.27 bits per heavy atom. The fraction of sp³-hybridized carbons (Fsp3) is 0.429. The summed E-state index contributed by atoms with van der Waals surface area (Å²) >= 11 is 2.82. The molecule has 0 aromatic carbocycles. The summed E-state index contributed by atoms with van der Waals surface area (Å²) in [5.74, 6) is -0.515. The highest BCUT2D eigenvalue weighted by Gasteiger charge is 2.26. The lowest BCUT2D eigenvalue weighted by Gasteiger charge is -2.07. The Bertz CT molecular complexity index is 721. The van der Waals surface area contributed by atoms with Crippen molar-refractivity contribution in [3.8, 4) is 0 Å². The number of carbonyl (C=O) groups excluding carboxylic acids is 2.